The van der Waals surface area contributed by atoms with Gasteiger partial charge in [-0.05, 0) is 43.4 Å². The van der Waals surface area contributed by atoms with E-state index in [1.54, 1.807) is 23.9 Å². The highest BCUT2D eigenvalue weighted by Gasteiger charge is 2.23. The molecule has 0 aromatic carbocycles. The molecule has 138 valence electrons. The van der Waals surface area contributed by atoms with E-state index in [-0.39, 0.29) is 30.5 Å². The van der Waals surface area contributed by atoms with Crippen LogP contribution in [0.25, 0.3) is 0 Å². The molecule has 2 heterocycles. The number of furan rings is 1. The smallest absolute Gasteiger partial charge is 0.287 e. The van der Waals surface area contributed by atoms with Crippen molar-refractivity contribution < 1.29 is 18.8 Å². The summed E-state index contributed by atoms with van der Waals surface area (Å²) in [6, 6.07) is 2.52. The normalized spacial score (nSPS) is 15.0. The number of hydrogen-bond donors (Lipinski definition) is 2. The van der Waals surface area contributed by atoms with E-state index in [0.717, 1.165) is 31.7 Å². The van der Waals surface area contributed by atoms with E-state index < -0.39 is 11.9 Å². The van der Waals surface area contributed by atoms with Crippen LogP contribution in [0.4, 0.5) is 0 Å². The second-order valence-electron chi connectivity index (χ2n) is 5.91. The summed E-state index contributed by atoms with van der Waals surface area (Å²) < 4.78 is 5.05. The lowest BCUT2D eigenvalue weighted by Crippen LogP contribution is -2.47. The number of rotatable bonds is 9. The first-order valence-electron chi connectivity index (χ1n) is 8.50. The van der Waals surface area contributed by atoms with Crippen LogP contribution in [-0.4, -0.2) is 60.3 Å². The van der Waals surface area contributed by atoms with E-state index in [2.05, 4.69) is 10.6 Å². The van der Waals surface area contributed by atoms with Crippen LogP contribution < -0.4 is 10.6 Å². The molecule has 1 saturated heterocycles. The Morgan fingerprint density at radius 2 is 2.08 bits per heavy atom. The minimum Gasteiger partial charge on any atom is -0.459 e. The monoisotopic (exact) mass is 367 g/mol. The third-order valence-electron chi connectivity index (χ3n) is 4.07. The summed E-state index contributed by atoms with van der Waals surface area (Å²) in [7, 11) is 0. The highest BCUT2D eigenvalue weighted by atomic mass is 32.2. The number of hydrogen-bond acceptors (Lipinski definition) is 5. The van der Waals surface area contributed by atoms with Gasteiger partial charge in [-0.1, -0.05) is 0 Å². The Kier molecular flexibility index (Phi) is 7.84. The van der Waals surface area contributed by atoms with Crippen LogP contribution in [0.15, 0.2) is 22.8 Å². The predicted octanol–water partition coefficient (Wildman–Crippen LogP) is 1.26. The molecule has 1 aromatic heterocycles. The summed E-state index contributed by atoms with van der Waals surface area (Å²) in [6.45, 7) is 1.89. The lowest BCUT2D eigenvalue weighted by atomic mass is 10.2. The maximum atomic E-state index is 12.4. The minimum atomic E-state index is -0.646. The van der Waals surface area contributed by atoms with Crippen LogP contribution >= 0.6 is 11.8 Å². The molecule has 1 atom stereocenters. The van der Waals surface area contributed by atoms with E-state index in [1.165, 1.54) is 6.26 Å². The molecular weight excluding hydrogens is 342 g/mol. The van der Waals surface area contributed by atoms with Crippen LogP contribution in [-0.2, 0) is 9.59 Å². The summed E-state index contributed by atoms with van der Waals surface area (Å²) in [6.07, 6.45) is 6.25. The van der Waals surface area contributed by atoms with Crippen LogP contribution in [0.5, 0.6) is 0 Å². The van der Waals surface area contributed by atoms with Crippen molar-refractivity contribution in [2.75, 3.05) is 31.6 Å². The molecule has 1 aliphatic heterocycles. The molecule has 25 heavy (non-hydrogen) atoms. The van der Waals surface area contributed by atoms with Gasteiger partial charge in [0.25, 0.3) is 5.91 Å². The highest BCUT2D eigenvalue weighted by Crippen LogP contribution is 2.09. The molecule has 3 amide bonds. The Morgan fingerprint density at radius 1 is 1.32 bits per heavy atom. The average Bonchev–Trinajstić information content (AvgIpc) is 3.31. The zero-order valence-electron chi connectivity index (χ0n) is 14.5. The van der Waals surface area contributed by atoms with E-state index in [4.69, 9.17) is 4.42 Å². The molecule has 0 radical (unpaired) electrons. The van der Waals surface area contributed by atoms with Gasteiger partial charge in [0.05, 0.1) is 6.26 Å². The van der Waals surface area contributed by atoms with Gasteiger partial charge in [0, 0.05) is 26.1 Å². The third kappa shape index (κ3) is 6.12. The fraction of sp³-hybridized carbons (Fsp3) is 0.588. The lowest BCUT2D eigenvalue weighted by molar-refractivity contribution is -0.130. The lowest BCUT2D eigenvalue weighted by Gasteiger charge is -2.19. The van der Waals surface area contributed by atoms with Gasteiger partial charge in [0.15, 0.2) is 5.76 Å². The molecule has 0 unspecified atom stereocenters. The SMILES string of the molecule is CSCC[C@H](NC(=O)c1ccco1)C(=O)NCCC(=O)N1CCCC1. The number of nitrogens with one attached hydrogen (secondary N) is 2. The maximum Gasteiger partial charge on any atom is 0.287 e. The van der Waals surface area contributed by atoms with Crippen LogP contribution in [0, 0.1) is 0 Å². The number of thioether (sulfide) groups is 1. The van der Waals surface area contributed by atoms with Crippen molar-refractivity contribution in [1.29, 1.82) is 0 Å². The fourth-order valence-corrected chi connectivity index (χ4v) is 3.15. The summed E-state index contributed by atoms with van der Waals surface area (Å²) in [4.78, 5) is 38.3. The first kappa shape index (κ1) is 19.4. The van der Waals surface area contributed by atoms with E-state index >= 15 is 0 Å². The fourth-order valence-electron chi connectivity index (χ4n) is 2.68. The van der Waals surface area contributed by atoms with Crippen molar-refractivity contribution in [3.8, 4) is 0 Å². The Morgan fingerprint density at radius 3 is 2.72 bits per heavy atom. The molecule has 8 heteroatoms. The number of nitrogens with zero attached hydrogens (tertiary/aromatic N) is 1. The molecule has 7 nitrogen and oxygen atoms in total. The molecule has 0 spiro atoms. The quantitative estimate of drug-likeness (QED) is 0.686. The summed E-state index contributed by atoms with van der Waals surface area (Å²) in [5.74, 6) is 0.287. The molecule has 0 saturated carbocycles. The van der Waals surface area contributed by atoms with Crippen LogP contribution in [0.1, 0.15) is 36.2 Å². The maximum absolute atomic E-state index is 12.4. The molecule has 1 aliphatic rings. The predicted molar refractivity (Wildman–Crippen MR) is 96.4 cm³/mol. The summed E-state index contributed by atoms with van der Waals surface area (Å²) >= 11 is 1.60. The van der Waals surface area contributed by atoms with Gasteiger partial charge in [-0.25, -0.2) is 0 Å². The Balaban J connectivity index is 1.80. The Labute approximate surface area is 151 Å². The first-order valence-corrected chi connectivity index (χ1v) is 9.90. The molecule has 2 rings (SSSR count). The molecule has 1 fully saturated rings. The molecule has 0 bridgehead atoms. The number of likely N-dealkylation sites (tertiary alicyclic amines) is 1. The van der Waals surface area contributed by atoms with Gasteiger partial charge in [-0.3, -0.25) is 14.4 Å². The molecular formula is C17H25N3O4S. The first-order chi connectivity index (χ1) is 12.1. The second-order valence-corrected chi connectivity index (χ2v) is 6.90. The van der Waals surface area contributed by atoms with Gasteiger partial charge in [0.2, 0.25) is 11.8 Å². The number of amides is 3. The van der Waals surface area contributed by atoms with E-state index in [1.807, 2.05) is 11.2 Å². The topological polar surface area (TPSA) is 91.6 Å². The van der Waals surface area contributed by atoms with Gasteiger partial charge < -0.3 is 20.0 Å². The van der Waals surface area contributed by atoms with Crippen LogP contribution in [0.3, 0.4) is 0 Å². The molecule has 2 N–H and O–H groups in total. The number of carbonyl (C=O) groups excluding carboxylic acids is 3. The molecule has 1 aromatic rings. The van der Waals surface area contributed by atoms with Crippen LogP contribution in [0.2, 0.25) is 0 Å². The van der Waals surface area contributed by atoms with Crippen molar-refractivity contribution in [3.63, 3.8) is 0 Å². The van der Waals surface area contributed by atoms with E-state index in [0.29, 0.717) is 6.42 Å². The molecule has 0 aliphatic carbocycles. The van der Waals surface area contributed by atoms with Crippen molar-refractivity contribution in [2.24, 2.45) is 0 Å². The van der Waals surface area contributed by atoms with Gasteiger partial charge in [-0.15, -0.1) is 0 Å². The van der Waals surface area contributed by atoms with Crippen molar-refractivity contribution in [2.45, 2.75) is 31.7 Å². The van der Waals surface area contributed by atoms with E-state index in [9.17, 15) is 14.4 Å². The highest BCUT2D eigenvalue weighted by molar-refractivity contribution is 7.98. The van der Waals surface area contributed by atoms with Crippen molar-refractivity contribution in [3.05, 3.63) is 24.2 Å². The largest absolute Gasteiger partial charge is 0.459 e. The average molecular weight is 367 g/mol. The Hall–Kier alpha value is -1.96. The van der Waals surface area contributed by atoms with Gasteiger partial charge in [0.1, 0.15) is 6.04 Å². The Bertz CT molecular complexity index is 570. The summed E-state index contributed by atoms with van der Waals surface area (Å²) in [5.41, 5.74) is 0. The van der Waals surface area contributed by atoms with Gasteiger partial charge in [-0.2, -0.15) is 11.8 Å². The zero-order chi connectivity index (χ0) is 18.1. The standard InChI is InChI=1S/C17H25N3O4S/c1-25-12-7-13(19-17(23)14-5-4-11-24-14)16(22)18-8-6-15(21)20-9-2-3-10-20/h4-5,11,13H,2-3,6-10,12H2,1H3,(H,18,22)(H,19,23)/t13-/m0/s1. The third-order valence-corrected chi connectivity index (χ3v) is 4.72. The number of carbonyl (C=O) groups is 3. The van der Waals surface area contributed by atoms with Crippen molar-refractivity contribution in [1.82, 2.24) is 15.5 Å². The summed E-state index contributed by atoms with van der Waals surface area (Å²) in [5, 5.41) is 5.45. The zero-order valence-corrected chi connectivity index (χ0v) is 15.3. The van der Waals surface area contributed by atoms with Gasteiger partial charge >= 0.3 is 0 Å². The minimum absolute atomic E-state index is 0.0677. The van der Waals surface area contributed by atoms with Crippen molar-refractivity contribution >= 4 is 29.5 Å². The second kappa shape index (κ2) is 10.1.